The molecule has 0 heterocycles. The Kier molecular flexibility index (Phi) is 5.12. The Hall–Kier alpha value is -1.42. The highest BCUT2D eigenvalue weighted by Gasteiger charge is 2.25. The topological polar surface area (TPSA) is 49.3 Å². The fourth-order valence-electron chi connectivity index (χ4n) is 2.78. The number of rotatable bonds is 5. The van der Waals surface area contributed by atoms with Crippen LogP contribution in [0, 0.1) is 11.7 Å². The molecule has 1 fully saturated rings. The Morgan fingerprint density at radius 1 is 1.50 bits per heavy atom. The molecule has 1 amide bonds. The molecule has 3 unspecified atom stereocenters. The molecule has 0 radical (unpaired) electrons. The van der Waals surface area contributed by atoms with Crippen molar-refractivity contribution in [3.63, 3.8) is 0 Å². The molecule has 0 saturated heterocycles. The van der Waals surface area contributed by atoms with Crippen LogP contribution in [0.1, 0.15) is 44.1 Å². The summed E-state index contributed by atoms with van der Waals surface area (Å²) in [7, 11) is 0. The van der Waals surface area contributed by atoms with Crippen molar-refractivity contribution in [3.05, 3.63) is 35.6 Å². The highest BCUT2D eigenvalue weighted by atomic mass is 19.1. The molecule has 1 aliphatic rings. The first-order chi connectivity index (χ1) is 9.56. The lowest BCUT2D eigenvalue weighted by Gasteiger charge is -2.16. The van der Waals surface area contributed by atoms with Crippen LogP contribution in [-0.4, -0.2) is 23.7 Å². The molecular formula is C16H22FNO2. The summed E-state index contributed by atoms with van der Waals surface area (Å²) in [6.45, 7) is 2.45. The maximum Gasteiger partial charge on any atom is 0.220 e. The van der Waals surface area contributed by atoms with Crippen LogP contribution in [0.25, 0.3) is 0 Å². The van der Waals surface area contributed by atoms with E-state index < -0.39 is 0 Å². The number of nitrogens with one attached hydrogen (secondary N) is 1. The summed E-state index contributed by atoms with van der Waals surface area (Å²) in [5.74, 6) is -0.146. The van der Waals surface area contributed by atoms with Gasteiger partial charge in [-0.2, -0.15) is 0 Å². The van der Waals surface area contributed by atoms with Crippen molar-refractivity contribution in [2.45, 2.75) is 44.6 Å². The number of hydrogen-bond acceptors (Lipinski definition) is 2. The van der Waals surface area contributed by atoms with Gasteiger partial charge in [0.25, 0.3) is 0 Å². The van der Waals surface area contributed by atoms with Gasteiger partial charge in [-0.1, -0.05) is 25.5 Å². The van der Waals surface area contributed by atoms with Crippen molar-refractivity contribution in [3.8, 4) is 0 Å². The second kappa shape index (κ2) is 6.84. The summed E-state index contributed by atoms with van der Waals surface area (Å²) in [6.07, 6.45) is 2.89. The molecule has 4 heteroatoms. The third-order valence-corrected chi connectivity index (χ3v) is 4.09. The average molecular weight is 279 g/mol. The molecule has 1 aliphatic carbocycles. The van der Waals surface area contributed by atoms with E-state index in [9.17, 15) is 14.3 Å². The van der Waals surface area contributed by atoms with Gasteiger partial charge >= 0.3 is 0 Å². The highest BCUT2D eigenvalue weighted by molar-refractivity contribution is 5.76. The van der Waals surface area contributed by atoms with Crippen LogP contribution in [0.2, 0.25) is 0 Å². The Morgan fingerprint density at radius 2 is 2.30 bits per heavy atom. The second-order valence-electron chi connectivity index (χ2n) is 5.72. The first-order valence-electron chi connectivity index (χ1n) is 7.26. The van der Waals surface area contributed by atoms with Gasteiger partial charge in [0.05, 0.1) is 6.10 Å². The van der Waals surface area contributed by atoms with Crippen LogP contribution in [0.5, 0.6) is 0 Å². The van der Waals surface area contributed by atoms with Gasteiger partial charge in [-0.15, -0.1) is 0 Å². The van der Waals surface area contributed by atoms with E-state index in [0.29, 0.717) is 13.0 Å². The minimum Gasteiger partial charge on any atom is -0.393 e. The van der Waals surface area contributed by atoms with Gasteiger partial charge in [0.1, 0.15) is 5.82 Å². The molecule has 0 bridgehead atoms. The van der Waals surface area contributed by atoms with Gasteiger partial charge in [-0.25, -0.2) is 4.39 Å². The Labute approximate surface area is 119 Å². The predicted octanol–water partition coefficient (Wildman–Crippen LogP) is 2.60. The largest absolute Gasteiger partial charge is 0.393 e. The molecule has 0 aromatic heterocycles. The first-order valence-corrected chi connectivity index (χ1v) is 7.26. The third-order valence-electron chi connectivity index (χ3n) is 4.09. The molecule has 110 valence electrons. The smallest absolute Gasteiger partial charge is 0.220 e. The van der Waals surface area contributed by atoms with E-state index in [1.807, 2.05) is 13.0 Å². The lowest BCUT2D eigenvalue weighted by molar-refractivity contribution is -0.121. The number of amides is 1. The standard InChI is InChI=1S/C16H22FNO2/c1-11(12-4-2-6-14(17)9-12)8-16(20)18-10-13-5-3-7-15(13)19/h2,4,6,9,11,13,15,19H,3,5,7-8,10H2,1H3,(H,18,20). The van der Waals surface area contributed by atoms with Gasteiger partial charge in [-0.3, -0.25) is 4.79 Å². The van der Waals surface area contributed by atoms with Crippen LogP contribution in [0.15, 0.2) is 24.3 Å². The minimum absolute atomic E-state index is 0.0146. The number of hydrogen-bond donors (Lipinski definition) is 2. The average Bonchev–Trinajstić information content (AvgIpc) is 2.82. The maximum atomic E-state index is 13.1. The fraction of sp³-hybridized carbons (Fsp3) is 0.562. The van der Waals surface area contributed by atoms with E-state index in [4.69, 9.17) is 0 Å². The molecule has 20 heavy (non-hydrogen) atoms. The van der Waals surface area contributed by atoms with Crippen molar-refractivity contribution < 1.29 is 14.3 Å². The monoisotopic (exact) mass is 279 g/mol. The van der Waals surface area contributed by atoms with E-state index in [-0.39, 0.29) is 29.7 Å². The molecule has 1 aromatic carbocycles. The zero-order chi connectivity index (χ0) is 14.5. The molecule has 3 nitrogen and oxygen atoms in total. The van der Waals surface area contributed by atoms with Crippen LogP contribution >= 0.6 is 0 Å². The van der Waals surface area contributed by atoms with Crippen molar-refractivity contribution in [2.75, 3.05) is 6.54 Å². The number of benzene rings is 1. The zero-order valence-corrected chi connectivity index (χ0v) is 11.8. The van der Waals surface area contributed by atoms with Gasteiger partial charge in [0, 0.05) is 18.9 Å². The fourth-order valence-corrected chi connectivity index (χ4v) is 2.78. The summed E-state index contributed by atoms with van der Waals surface area (Å²) >= 11 is 0. The highest BCUT2D eigenvalue weighted by Crippen LogP contribution is 2.25. The molecule has 1 aromatic rings. The van der Waals surface area contributed by atoms with Crippen LogP contribution in [0.4, 0.5) is 4.39 Å². The number of halogens is 1. The predicted molar refractivity (Wildman–Crippen MR) is 75.8 cm³/mol. The number of aliphatic hydroxyl groups excluding tert-OH is 1. The van der Waals surface area contributed by atoms with Gasteiger partial charge < -0.3 is 10.4 Å². The van der Waals surface area contributed by atoms with E-state index in [0.717, 1.165) is 24.8 Å². The molecular weight excluding hydrogens is 257 g/mol. The second-order valence-corrected chi connectivity index (χ2v) is 5.72. The van der Waals surface area contributed by atoms with Crippen molar-refractivity contribution >= 4 is 5.91 Å². The first kappa shape index (κ1) is 15.0. The van der Waals surface area contributed by atoms with Crippen molar-refractivity contribution in [1.29, 1.82) is 0 Å². The van der Waals surface area contributed by atoms with E-state index >= 15 is 0 Å². The summed E-state index contributed by atoms with van der Waals surface area (Å²) in [5, 5.41) is 12.6. The van der Waals surface area contributed by atoms with Gasteiger partial charge in [0.2, 0.25) is 5.91 Å². The summed E-state index contributed by atoms with van der Waals surface area (Å²) in [5.41, 5.74) is 0.834. The van der Waals surface area contributed by atoms with E-state index in [2.05, 4.69) is 5.32 Å². The molecule has 0 aliphatic heterocycles. The van der Waals surface area contributed by atoms with Crippen LogP contribution in [-0.2, 0) is 4.79 Å². The Morgan fingerprint density at radius 3 is 2.95 bits per heavy atom. The summed E-state index contributed by atoms with van der Waals surface area (Å²) in [6, 6.07) is 6.37. The Bertz CT molecular complexity index is 464. The lowest BCUT2D eigenvalue weighted by Crippen LogP contribution is -2.32. The van der Waals surface area contributed by atoms with Crippen molar-refractivity contribution in [2.24, 2.45) is 5.92 Å². The van der Waals surface area contributed by atoms with Crippen molar-refractivity contribution in [1.82, 2.24) is 5.32 Å². The van der Waals surface area contributed by atoms with Gasteiger partial charge in [-0.05, 0) is 36.5 Å². The minimum atomic E-state index is -0.282. The number of carbonyl (C=O) groups excluding carboxylic acids is 1. The quantitative estimate of drug-likeness (QED) is 0.870. The summed E-state index contributed by atoms with van der Waals surface area (Å²) in [4.78, 5) is 11.9. The summed E-state index contributed by atoms with van der Waals surface area (Å²) < 4.78 is 13.1. The normalized spacial score (nSPS) is 23.6. The molecule has 1 saturated carbocycles. The molecule has 3 atom stereocenters. The third kappa shape index (κ3) is 4.04. The maximum absolute atomic E-state index is 13.1. The van der Waals surface area contributed by atoms with Crippen LogP contribution < -0.4 is 5.32 Å². The van der Waals surface area contributed by atoms with E-state index in [1.54, 1.807) is 6.07 Å². The molecule has 2 N–H and O–H groups in total. The molecule has 2 rings (SSSR count). The molecule has 0 spiro atoms. The lowest BCUT2D eigenvalue weighted by atomic mass is 9.97. The number of aliphatic hydroxyl groups is 1. The van der Waals surface area contributed by atoms with Gasteiger partial charge in [0.15, 0.2) is 0 Å². The number of carbonyl (C=O) groups is 1. The Balaban J connectivity index is 1.79. The van der Waals surface area contributed by atoms with Crippen LogP contribution in [0.3, 0.4) is 0 Å². The zero-order valence-electron chi connectivity index (χ0n) is 11.8. The van der Waals surface area contributed by atoms with E-state index in [1.165, 1.54) is 12.1 Å². The SMILES string of the molecule is CC(CC(=O)NCC1CCCC1O)c1cccc(F)c1.